The van der Waals surface area contributed by atoms with E-state index in [0.717, 1.165) is 12.0 Å². The Kier molecular flexibility index (Phi) is 6.52. The van der Waals surface area contributed by atoms with Gasteiger partial charge in [-0.05, 0) is 55.2 Å². The van der Waals surface area contributed by atoms with Crippen LogP contribution in [0.1, 0.15) is 56.1 Å². The highest BCUT2D eigenvalue weighted by Gasteiger charge is 2.43. The number of carbonyl (C=O) groups excluding carboxylic acids is 1. The monoisotopic (exact) mass is 484 g/mol. The smallest absolute Gasteiger partial charge is 0.343 e. The van der Waals surface area contributed by atoms with Gasteiger partial charge in [0.25, 0.3) is 0 Å². The molecule has 0 radical (unpaired) electrons. The molecule has 3 heterocycles. The topological polar surface area (TPSA) is 69.0 Å². The van der Waals surface area contributed by atoms with Crippen molar-refractivity contribution in [3.8, 4) is 0 Å². The quantitative estimate of drug-likeness (QED) is 0.345. The highest BCUT2D eigenvalue weighted by atomic mass is 28.4. The van der Waals surface area contributed by atoms with Crippen LogP contribution in [-0.2, 0) is 9.16 Å². The number of benzene rings is 1. The number of anilines is 1. The largest absolute Gasteiger partial charge is 0.462 e. The lowest BCUT2D eigenvalue weighted by molar-refractivity contribution is 0.0528. The van der Waals surface area contributed by atoms with Gasteiger partial charge in [-0.15, -0.1) is 0 Å². The third-order valence-corrected chi connectivity index (χ3v) is 11.4. The summed E-state index contributed by atoms with van der Waals surface area (Å²) in [7, 11) is -2.00. The molecule has 0 amide bonds. The molecule has 0 N–H and O–H groups in total. The normalized spacial score (nSPS) is 19.1. The van der Waals surface area contributed by atoms with Crippen LogP contribution in [-0.4, -0.2) is 48.1 Å². The number of ether oxygens (including phenoxy) is 1. The number of hydrogen-bond donors (Lipinski definition) is 0. The molecule has 0 aliphatic carbocycles. The van der Waals surface area contributed by atoms with Gasteiger partial charge < -0.3 is 14.1 Å². The molecule has 0 saturated carbocycles. The Labute approximate surface area is 201 Å². The van der Waals surface area contributed by atoms with Crippen LogP contribution in [0.3, 0.4) is 0 Å². The Balaban J connectivity index is 1.72. The second kappa shape index (κ2) is 9.11. The maximum atomic E-state index is 14.1. The fourth-order valence-electron chi connectivity index (χ4n) is 4.13. The maximum Gasteiger partial charge on any atom is 0.343 e. The fraction of sp³-hybridized carbons (Fsp3) is 0.480. The van der Waals surface area contributed by atoms with Crippen LogP contribution in [0.25, 0.3) is 5.65 Å². The molecule has 4 rings (SSSR count). The number of halogens is 1. The molecule has 0 unspecified atom stereocenters. The third kappa shape index (κ3) is 4.72. The minimum Gasteiger partial charge on any atom is -0.462 e. The van der Waals surface area contributed by atoms with Crippen molar-refractivity contribution in [2.45, 2.75) is 64.4 Å². The summed E-state index contributed by atoms with van der Waals surface area (Å²) in [4.78, 5) is 19.3. The van der Waals surface area contributed by atoms with E-state index in [2.05, 4.69) is 43.9 Å². The van der Waals surface area contributed by atoms with E-state index in [1.54, 1.807) is 29.8 Å². The molecule has 34 heavy (non-hydrogen) atoms. The average Bonchev–Trinajstić information content (AvgIpc) is 3.36. The Bertz CT molecular complexity index is 1190. The molecular weight excluding hydrogens is 451 g/mol. The summed E-state index contributed by atoms with van der Waals surface area (Å²) in [5, 5.41) is 4.32. The zero-order valence-corrected chi connectivity index (χ0v) is 21.7. The zero-order chi connectivity index (χ0) is 24.7. The number of hydrogen-bond acceptors (Lipinski definition) is 6. The summed E-state index contributed by atoms with van der Waals surface area (Å²) in [6, 6.07) is 8.47. The molecular formula is C25H33FN4O3Si. The van der Waals surface area contributed by atoms with Crippen LogP contribution in [0.5, 0.6) is 0 Å². The van der Waals surface area contributed by atoms with E-state index in [9.17, 15) is 9.18 Å². The molecule has 0 bridgehead atoms. The minimum atomic E-state index is -2.00. The second-order valence-corrected chi connectivity index (χ2v) is 15.0. The predicted octanol–water partition coefficient (Wildman–Crippen LogP) is 5.39. The Hall–Kier alpha value is -2.78. The SMILES string of the molecule is CCOC(=O)c1cnn2ccc(N3C[C@H](O[Si](C)(C)C(C)(C)C)C[C@@H]3c3cccc(F)c3)nc12. The van der Waals surface area contributed by atoms with E-state index in [1.807, 2.05) is 12.1 Å². The number of rotatable bonds is 6. The van der Waals surface area contributed by atoms with E-state index in [-0.39, 0.29) is 29.6 Å². The molecule has 2 aromatic heterocycles. The molecule has 1 saturated heterocycles. The Morgan fingerprint density at radius 1 is 1.26 bits per heavy atom. The first kappa shape index (κ1) is 24.3. The molecule has 182 valence electrons. The minimum absolute atomic E-state index is 0.0124. The van der Waals surface area contributed by atoms with Crippen LogP contribution in [0.15, 0.2) is 42.7 Å². The van der Waals surface area contributed by atoms with Gasteiger partial charge in [0.2, 0.25) is 0 Å². The number of aromatic nitrogens is 3. The highest BCUT2D eigenvalue weighted by Crippen LogP contribution is 2.42. The maximum absolute atomic E-state index is 14.1. The summed E-state index contributed by atoms with van der Waals surface area (Å²) >= 11 is 0. The number of carbonyl (C=O) groups is 1. The van der Waals surface area contributed by atoms with Crippen LogP contribution >= 0.6 is 0 Å². The summed E-state index contributed by atoms with van der Waals surface area (Å²) < 4.78 is 27.6. The van der Waals surface area contributed by atoms with Crippen molar-refractivity contribution in [1.29, 1.82) is 0 Å². The van der Waals surface area contributed by atoms with Crippen molar-refractivity contribution in [2.24, 2.45) is 0 Å². The molecule has 1 aromatic carbocycles. The van der Waals surface area contributed by atoms with Crippen molar-refractivity contribution in [3.63, 3.8) is 0 Å². The van der Waals surface area contributed by atoms with Crippen molar-refractivity contribution in [2.75, 3.05) is 18.1 Å². The molecule has 1 aliphatic rings. The molecule has 0 spiro atoms. The van der Waals surface area contributed by atoms with Gasteiger partial charge in [0.05, 0.1) is 24.9 Å². The van der Waals surface area contributed by atoms with Crippen molar-refractivity contribution >= 4 is 25.8 Å². The first-order valence-corrected chi connectivity index (χ1v) is 14.6. The van der Waals surface area contributed by atoms with E-state index in [4.69, 9.17) is 14.1 Å². The lowest BCUT2D eigenvalue weighted by atomic mass is 10.0. The van der Waals surface area contributed by atoms with Crippen LogP contribution in [0, 0.1) is 5.82 Å². The summed E-state index contributed by atoms with van der Waals surface area (Å²) in [6.45, 7) is 13.8. The standard InChI is InChI=1S/C25H33FN4O3Si/c1-7-32-24(31)20-15-27-30-12-11-22(28-23(20)30)29-16-19(33-34(5,6)25(2,3)4)14-21(29)17-9-8-10-18(26)13-17/h8-13,15,19,21H,7,14,16H2,1-6H3/t19-,21-/m1/s1. The zero-order valence-electron chi connectivity index (χ0n) is 20.7. The highest BCUT2D eigenvalue weighted by molar-refractivity contribution is 6.74. The average molecular weight is 485 g/mol. The molecule has 3 aromatic rings. The van der Waals surface area contributed by atoms with Gasteiger partial charge >= 0.3 is 5.97 Å². The van der Waals surface area contributed by atoms with E-state index >= 15 is 0 Å². The van der Waals surface area contributed by atoms with Crippen LogP contribution < -0.4 is 4.90 Å². The van der Waals surface area contributed by atoms with E-state index in [1.165, 1.54) is 12.3 Å². The molecule has 1 aliphatic heterocycles. The second-order valence-electron chi connectivity index (χ2n) is 10.3. The van der Waals surface area contributed by atoms with Gasteiger partial charge in [0.15, 0.2) is 14.0 Å². The van der Waals surface area contributed by atoms with Gasteiger partial charge in [-0.25, -0.2) is 18.7 Å². The van der Waals surface area contributed by atoms with Crippen LogP contribution in [0.4, 0.5) is 10.2 Å². The van der Waals surface area contributed by atoms with Crippen molar-refractivity contribution in [1.82, 2.24) is 14.6 Å². The molecule has 7 nitrogen and oxygen atoms in total. The fourth-order valence-corrected chi connectivity index (χ4v) is 5.49. The number of esters is 1. The van der Waals surface area contributed by atoms with Crippen LogP contribution in [0.2, 0.25) is 18.1 Å². The van der Waals surface area contributed by atoms with Crippen molar-refractivity contribution < 1.29 is 18.3 Å². The van der Waals surface area contributed by atoms with Gasteiger partial charge in [-0.2, -0.15) is 5.10 Å². The summed E-state index contributed by atoms with van der Waals surface area (Å²) in [5.74, 6) is -0.0338. The van der Waals surface area contributed by atoms with Gasteiger partial charge in [0.1, 0.15) is 17.2 Å². The van der Waals surface area contributed by atoms with Gasteiger partial charge in [-0.3, -0.25) is 0 Å². The van der Waals surface area contributed by atoms with E-state index < -0.39 is 14.3 Å². The van der Waals surface area contributed by atoms with Gasteiger partial charge in [0, 0.05) is 12.7 Å². The van der Waals surface area contributed by atoms with E-state index in [0.29, 0.717) is 23.6 Å². The molecule has 2 atom stereocenters. The number of nitrogens with zero attached hydrogens (tertiary/aromatic N) is 4. The Morgan fingerprint density at radius 2 is 2.03 bits per heavy atom. The predicted molar refractivity (Wildman–Crippen MR) is 132 cm³/mol. The van der Waals surface area contributed by atoms with Gasteiger partial charge in [-0.1, -0.05) is 32.9 Å². The third-order valence-electron chi connectivity index (χ3n) is 6.91. The molecule has 1 fully saturated rings. The van der Waals surface area contributed by atoms with Crippen molar-refractivity contribution in [3.05, 3.63) is 59.7 Å². The molecule has 9 heteroatoms. The number of fused-ring (bicyclic) bond motifs is 1. The first-order chi connectivity index (χ1) is 16.0. The summed E-state index contributed by atoms with van der Waals surface area (Å²) in [5.41, 5.74) is 1.63. The Morgan fingerprint density at radius 3 is 2.71 bits per heavy atom. The lowest BCUT2D eigenvalue weighted by Gasteiger charge is -2.38. The lowest BCUT2D eigenvalue weighted by Crippen LogP contribution is -2.44. The summed E-state index contributed by atoms with van der Waals surface area (Å²) in [6.07, 6.45) is 3.97. The first-order valence-electron chi connectivity index (χ1n) is 11.7.